The van der Waals surface area contributed by atoms with E-state index >= 15 is 0 Å². The summed E-state index contributed by atoms with van der Waals surface area (Å²) in [6, 6.07) is 13.3. The van der Waals surface area contributed by atoms with Gasteiger partial charge in [-0.25, -0.2) is 9.59 Å². The third kappa shape index (κ3) is 6.49. The second-order valence-corrected chi connectivity index (χ2v) is 7.92. The number of phenols is 1. The van der Waals surface area contributed by atoms with Crippen LogP contribution in [0, 0.1) is 0 Å². The van der Waals surface area contributed by atoms with Gasteiger partial charge in [0.1, 0.15) is 11.4 Å². The Labute approximate surface area is 177 Å². The Balaban J connectivity index is 2.16. The first-order valence-electron chi connectivity index (χ1n) is 9.73. The molecule has 0 saturated carbocycles. The van der Waals surface area contributed by atoms with Crippen LogP contribution in [0.15, 0.2) is 48.5 Å². The van der Waals surface area contributed by atoms with Gasteiger partial charge in [0.2, 0.25) is 0 Å². The monoisotopic (exact) mass is 415 g/mol. The third-order valence-electron chi connectivity index (χ3n) is 4.18. The molecule has 0 aliphatic carbocycles. The predicted molar refractivity (Wildman–Crippen MR) is 113 cm³/mol. The van der Waals surface area contributed by atoms with Crippen molar-refractivity contribution in [2.75, 3.05) is 11.9 Å². The fraction of sp³-hybridized carbons (Fsp3) is 0.391. The van der Waals surface area contributed by atoms with Crippen LogP contribution >= 0.6 is 0 Å². The number of amides is 1. The van der Waals surface area contributed by atoms with E-state index in [-0.39, 0.29) is 19.0 Å². The van der Waals surface area contributed by atoms with Crippen LogP contribution in [-0.2, 0) is 31.2 Å². The molecule has 7 heteroatoms. The molecule has 1 amide bonds. The van der Waals surface area contributed by atoms with Crippen LogP contribution in [-0.4, -0.2) is 29.4 Å². The van der Waals surface area contributed by atoms with Crippen molar-refractivity contribution in [3.63, 3.8) is 0 Å². The maximum Gasteiger partial charge on any atom is 0.412 e. The highest BCUT2D eigenvalue weighted by Crippen LogP contribution is 2.30. The van der Waals surface area contributed by atoms with Crippen molar-refractivity contribution < 1.29 is 28.9 Å². The zero-order valence-electron chi connectivity index (χ0n) is 18.0. The number of esters is 1. The normalized spacial score (nSPS) is 13.2. The number of ether oxygens (including phenoxy) is 3. The lowest BCUT2D eigenvalue weighted by Gasteiger charge is -2.28. The minimum atomic E-state index is -1.36. The van der Waals surface area contributed by atoms with Crippen molar-refractivity contribution in [1.82, 2.24) is 0 Å². The van der Waals surface area contributed by atoms with Crippen LogP contribution < -0.4 is 5.32 Å². The summed E-state index contributed by atoms with van der Waals surface area (Å²) in [5.41, 5.74) is -0.109. The van der Waals surface area contributed by atoms with E-state index in [0.717, 1.165) is 5.56 Å². The molecule has 0 aliphatic rings. The molecule has 0 heterocycles. The van der Waals surface area contributed by atoms with Crippen LogP contribution in [0.2, 0.25) is 0 Å². The summed E-state index contributed by atoms with van der Waals surface area (Å²) in [5.74, 6) is -0.440. The quantitative estimate of drug-likeness (QED) is 0.635. The number of nitrogens with one attached hydrogen (secondary N) is 1. The van der Waals surface area contributed by atoms with Crippen molar-refractivity contribution in [2.45, 2.75) is 52.4 Å². The molecule has 162 valence electrons. The second kappa shape index (κ2) is 9.63. The molecule has 2 aromatic carbocycles. The van der Waals surface area contributed by atoms with E-state index in [1.807, 2.05) is 6.07 Å². The zero-order chi connectivity index (χ0) is 22.4. The van der Waals surface area contributed by atoms with E-state index in [1.54, 1.807) is 65.0 Å². The molecule has 1 unspecified atom stereocenters. The number of anilines is 1. The van der Waals surface area contributed by atoms with Gasteiger partial charge in [-0.15, -0.1) is 0 Å². The van der Waals surface area contributed by atoms with E-state index in [1.165, 1.54) is 12.1 Å². The SMILES string of the molecule is CCOC(=O)C(C)(OCc1cccc(NC(=O)OC(C)(C)C)c1)c1ccc(O)cc1. The third-order valence-corrected chi connectivity index (χ3v) is 4.18. The lowest BCUT2D eigenvalue weighted by Crippen LogP contribution is -2.37. The molecule has 0 aromatic heterocycles. The lowest BCUT2D eigenvalue weighted by molar-refractivity contribution is -0.173. The minimum absolute atomic E-state index is 0.0888. The molecule has 30 heavy (non-hydrogen) atoms. The smallest absolute Gasteiger partial charge is 0.412 e. The van der Waals surface area contributed by atoms with Gasteiger partial charge in [-0.2, -0.15) is 0 Å². The largest absolute Gasteiger partial charge is 0.508 e. The average Bonchev–Trinajstić information content (AvgIpc) is 2.65. The molecule has 0 fully saturated rings. The fourth-order valence-corrected chi connectivity index (χ4v) is 2.70. The van der Waals surface area contributed by atoms with Crippen molar-refractivity contribution in [3.05, 3.63) is 59.7 Å². The van der Waals surface area contributed by atoms with Gasteiger partial charge < -0.3 is 19.3 Å². The predicted octanol–water partition coefficient (Wildman–Crippen LogP) is 4.73. The highest BCUT2D eigenvalue weighted by atomic mass is 16.6. The molecule has 1 atom stereocenters. The number of carbonyl (C=O) groups is 2. The Bertz CT molecular complexity index is 872. The van der Waals surface area contributed by atoms with Crippen molar-refractivity contribution in [3.8, 4) is 5.75 Å². The molecule has 2 N–H and O–H groups in total. The van der Waals surface area contributed by atoms with E-state index in [9.17, 15) is 14.7 Å². The standard InChI is InChI=1S/C23H29NO6/c1-6-28-20(26)23(5,17-10-12-19(25)13-11-17)29-15-16-8-7-9-18(14-16)24-21(27)30-22(2,3)4/h7-14,25H,6,15H2,1-5H3,(H,24,27). The molecule has 0 bridgehead atoms. The van der Waals surface area contributed by atoms with Gasteiger partial charge in [-0.3, -0.25) is 5.32 Å². The van der Waals surface area contributed by atoms with Gasteiger partial charge in [0.05, 0.1) is 13.2 Å². The first-order chi connectivity index (χ1) is 14.0. The van der Waals surface area contributed by atoms with E-state index in [0.29, 0.717) is 11.3 Å². The summed E-state index contributed by atoms with van der Waals surface area (Å²) in [6.07, 6.45) is -0.555. The van der Waals surface area contributed by atoms with Crippen molar-refractivity contribution in [1.29, 1.82) is 0 Å². The van der Waals surface area contributed by atoms with E-state index in [4.69, 9.17) is 14.2 Å². The highest BCUT2D eigenvalue weighted by Gasteiger charge is 2.38. The number of carbonyl (C=O) groups excluding carboxylic acids is 2. The topological polar surface area (TPSA) is 94.1 Å². The van der Waals surface area contributed by atoms with Gasteiger partial charge in [0, 0.05) is 5.69 Å². The number of rotatable bonds is 7. The molecule has 0 spiro atoms. The summed E-state index contributed by atoms with van der Waals surface area (Å²) in [6.45, 7) is 9.02. The van der Waals surface area contributed by atoms with Crippen LogP contribution in [0.25, 0.3) is 0 Å². The number of hydrogen-bond acceptors (Lipinski definition) is 6. The first kappa shape index (κ1) is 23.2. The molecule has 0 saturated heterocycles. The number of benzene rings is 2. The highest BCUT2D eigenvalue weighted by molar-refractivity contribution is 5.85. The Hall–Kier alpha value is -3.06. The zero-order valence-corrected chi connectivity index (χ0v) is 18.0. The average molecular weight is 415 g/mol. The van der Waals surface area contributed by atoms with Crippen LogP contribution in [0.1, 0.15) is 45.7 Å². The molecule has 7 nitrogen and oxygen atoms in total. The van der Waals surface area contributed by atoms with Crippen molar-refractivity contribution >= 4 is 17.7 Å². The summed E-state index contributed by atoms with van der Waals surface area (Å²) < 4.78 is 16.5. The number of phenolic OH excluding ortho intramolecular Hbond substituents is 1. The lowest BCUT2D eigenvalue weighted by atomic mass is 9.95. The summed E-state index contributed by atoms with van der Waals surface area (Å²) in [7, 11) is 0. The fourth-order valence-electron chi connectivity index (χ4n) is 2.70. The molecule has 0 aliphatic heterocycles. The number of hydrogen-bond donors (Lipinski definition) is 2. The Morgan fingerprint density at radius 2 is 1.70 bits per heavy atom. The summed E-state index contributed by atoms with van der Waals surface area (Å²) >= 11 is 0. The van der Waals surface area contributed by atoms with E-state index < -0.39 is 23.3 Å². The molecule has 2 rings (SSSR count). The second-order valence-electron chi connectivity index (χ2n) is 7.92. The van der Waals surface area contributed by atoms with Crippen LogP contribution in [0.3, 0.4) is 0 Å². The van der Waals surface area contributed by atoms with Crippen molar-refractivity contribution in [2.24, 2.45) is 0 Å². The van der Waals surface area contributed by atoms with Gasteiger partial charge in [0.25, 0.3) is 0 Å². The Morgan fingerprint density at radius 3 is 2.30 bits per heavy atom. The van der Waals surface area contributed by atoms with Gasteiger partial charge in [0.15, 0.2) is 5.60 Å². The van der Waals surface area contributed by atoms with Gasteiger partial charge >= 0.3 is 12.1 Å². The summed E-state index contributed by atoms with van der Waals surface area (Å²) in [5, 5.41) is 12.2. The Kier molecular flexibility index (Phi) is 7.45. The maximum atomic E-state index is 12.6. The molecular weight excluding hydrogens is 386 g/mol. The van der Waals surface area contributed by atoms with Gasteiger partial charge in [-0.05, 0) is 70.0 Å². The van der Waals surface area contributed by atoms with Gasteiger partial charge in [-0.1, -0.05) is 24.3 Å². The Morgan fingerprint density at radius 1 is 1.03 bits per heavy atom. The molecule has 0 radical (unpaired) electrons. The van der Waals surface area contributed by atoms with Crippen LogP contribution in [0.4, 0.5) is 10.5 Å². The van der Waals surface area contributed by atoms with Crippen LogP contribution in [0.5, 0.6) is 5.75 Å². The molecule has 2 aromatic rings. The first-order valence-corrected chi connectivity index (χ1v) is 9.73. The summed E-state index contributed by atoms with van der Waals surface area (Å²) in [4.78, 5) is 24.6. The molecular formula is C23H29NO6. The minimum Gasteiger partial charge on any atom is -0.508 e. The number of aromatic hydroxyl groups is 1. The maximum absolute atomic E-state index is 12.6. The van der Waals surface area contributed by atoms with E-state index in [2.05, 4.69) is 5.32 Å².